The summed E-state index contributed by atoms with van der Waals surface area (Å²) in [5.74, 6) is 0. The second-order valence-corrected chi connectivity index (χ2v) is 4.43. The molecule has 1 aromatic rings. The minimum absolute atomic E-state index is 0.269. The smallest absolute Gasteiger partial charge is 0.432 e. The first-order chi connectivity index (χ1) is 8.36. The van der Waals surface area contributed by atoms with Gasteiger partial charge in [-0.1, -0.05) is 0 Å². The van der Waals surface area contributed by atoms with Crippen molar-refractivity contribution >= 4 is 21.9 Å². The van der Waals surface area contributed by atoms with E-state index in [1.54, 1.807) is 0 Å². The molecule has 1 aromatic carbocycles. The van der Waals surface area contributed by atoms with Crippen LogP contribution in [0.25, 0.3) is 0 Å². The molecular formula is C8H8N2O7S. The quantitative estimate of drug-likeness (QED) is 0.629. The normalized spacial score (nSPS) is 10.7. The molecule has 0 bridgehead atoms. The Morgan fingerprint density at radius 3 is 2.33 bits per heavy atom. The Morgan fingerprint density at radius 2 is 1.89 bits per heavy atom. The summed E-state index contributed by atoms with van der Waals surface area (Å²) < 4.78 is 31.2. The second kappa shape index (κ2) is 5.42. The van der Waals surface area contributed by atoms with Crippen LogP contribution < -0.4 is 5.48 Å². The number of hydrogen-bond acceptors (Lipinski definition) is 7. The van der Waals surface area contributed by atoms with Gasteiger partial charge in [0.1, 0.15) is 0 Å². The predicted octanol–water partition coefficient (Wildman–Crippen LogP) is 0.571. The van der Waals surface area contributed by atoms with Crippen LogP contribution in [0.5, 0.6) is 0 Å². The van der Waals surface area contributed by atoms with E-state index in [2.05, 4.69) is 9.02 Å². The number of carbonyl (C=O) groups is 1. The van der Waals surface area contributed by atoms with Crippen LogP contribution in [0, 0.1) is 10.1 Å². The fourth-order valence-corrected chi connectivity index (χ4v) is 1.66. The minimum Gasteiger partial charge on any atom is -0.451 e. The predicted molar refractivity (Wildman–Crippen MR) is 56.9 cm³/mol. The molecule has 0 aliphatic heterocycles. The standard InChI is InChI=1S/C8H8N2O7S/c1-16-8(11)9-17-18(14,15)7-4-2-6(3-5-7)10(12)13/h2-5H,1H3,(H,9,11). The Labute approximate surface area is 102 Å². The monoisotopic (exact) mass is 276 g/mol. The molecule has 98 valence electrons. The lowest BCUT2D eigenvalue weighted by Gasteiger charge is -2.04. The molecule has 18 heavy (non-hydrogen) atoms. The van der Waals surface area contributed by atoms with Crippen molar-refractivity contribution in [1.29, 1.82) is 0 Å². The van der Waals surface area contributed by atoms with E-state index < -0.39 is 21.1 Å². The maximum Gasteiger partial charge on any atom is 0.432 e. The largest absolute Gasteiger partial charge is 0.451 e. The van der Waals surface area contributed by atoms with E-state index in [0.29, 0.717) is 0 Å². The third kappa shape index (κ3) is 3.40. The topological polar surface area (TPSA) is 125 Å². The van der Waals surface area contributed by atoms with Gasteiger partial charge < -0.3 is 4.74 Å². The first-order valence-corrected chi connectivity index (χ1v) is 5.79. The zero-order valence-electron chi connectivity index (χ0n) is 9.02. The third-order valence-corrected chi connectivity index (χ3v) is 2.91. The first kappa shape index (κ1) is 13.9. The van der Waals surface area contributed by atoms with Crippen LogP contribution in [0.15, 0.2) is 29.2 Å². The zero-order valence-corrected chi connectivity index (χ0v) is 9.84. The molecule has 1 rings (SSSR count). The van der Waals surface area contributed by atoms with Gasteiger partial charge in [-0.25, -0.2) is 4.79 Å². The molecule has 10 heteroatoms. The lowest BCUT2D eigenvalue weighted by molar-refractivity contribution is -0.384. The minimum atomic E-state index is -4.24. The number of nitrogens with zero attached hydrogens (tertiary/aromatic N) is 1. The van der Waals surface area contributed by atoms with Gasteiger partial charge >= 0.3 is 16.2 Å². The summed E-state index contributed by atoms with van der Waals surface area (Å²) in [5, 5.41) is 10.4. The number of nitro benzene ring substituents is 1. The molecule has 1 N–H and O–H groups in total. The van der Waals surface area contributed by atoms with E-state index in [1.807, 2.05) is 0 Å². The molecule has 0 saturated carbocycles. The molecule has 0 saturated heterocycles. The van der Waals surface area contributed by atoms with Gasteiger partial charge in [-0.15, -0.1) is 4.28 Å². The summed E-state index contributed by atoms with van der Waals surface area (Å²) in [6.45, 7) is 0. The van der Waals surface area contributed by atoms with Crippen molar-refractivity contribution in [2.24, 2.45) is 0 Å². The van der Waals surface area contributed by atoms with E-state index in [-0.39, 0.29) is 10.6 Å². The molecule has 9 nitrogen and oxygen atoms in total. The Balaban J connectivity index is 2.85. The highest BCUT2D eigenvalue weighted by molar-refractivity contribution is 7.86. The molecule has 0 unspecified atom stereocenters. The maximum absolute atomic E-state index is 11.5. The van der Waals surface area contributed by atoms with Gasteiger partial charge in [-0.2, -0.15) is 13.9 Å². The Kier molecular flexibility index (Phi) is 4.18. The molecule has 0 atom stereocenters. The lowest BCUT2D eigenvalue weighted by atomic mass is 10.3. The van der Waals surface area contributed by atoms with Crippen molar-refractivity contribution in [3.63, 3.8) is 0 Å². The van der Waals surface area contributed by atoms with Crippen molar-refractivity contribution in [1.82, 2.24) is 5.48 Å². The number of nitrogens with one attached hydrogen (secondary N) is 1. The number of rotatable bonds is 4. The molecule has 0 heterocycles. The lowest BCUT2D eigenvalue weighted by Crippen LogP contribution is -2.26. The molecular weight excluding hydrogens is 268 g/mol. The van der Waals surface area contributed by atoms with Gasteiger partial charge in [0.15, 0.2) is 0 Å². The van der Waals surface area contributed by atoms with Gasteiger partial charge in [-0.3, -0.25) is 10.1 Å². The maximum atomic E-state index is 11.5. The van der Waals surface area contributed by atoms with Crippen LogP contribution in [0.2, 0.25) is 0 Å². The first-order valence-electron chi connectivity index (χ1n) is 4.38. The van der Waals surface area contributed by atoms with E-state index in [1.165, 1.54) is 5.48 Å². The van der Waals surface area contributed by atoms with Crippen LogP contribution in [-0.2, 0) is 19.1 Å². The van der Waals surface area contributed by atoms with Crippen LogP contribution in [-0.4, -0.2) is 26.5 Å². The van der Waals surface area contributed by atoms with E-state index in [9.17, 15) is 23.3 Å². The summed E-state index contributed by atoms with van der Waals surface area (Å²) in [6.07, 6.45) is -1.10. The van der Waals surface area contributed by atoms with Gasteiger partial charge in [0.25, 0.3) is 5.69 Å². The molecule has 0 spiro atoms. The summed E-state index contributed by atoms with van der Waals surface area (Å²) in [4.78, 5) is 20.0. The summed E-state index contributed by atoms with van der Waals surface area (Å²) in [6, 6.07) is 3.95. The van der Waals surface area contributed by atoms with Crippen LogP contribution in [0.1, 0.15) is 0 Å². The third-order valence-electron chi connectivity index (χ3n) is 1.76. The number of carbonyl (C=O) groups excluding carboxylic acids is 1. The fourth-order valence-electron chi connectivity index (χ4n) is 0.913. The van der Waals surface area contributed by atoms with Crippen LogP contribution in [0.4, 0.5) is 10.5 Å². The Hall–Kier alpha value is -2.20. The number of methoxy groups -OCH3 is 1. The van der Waals surface area contributed by atoms with Crippen molar-refractivity contribution in [2.75, 3.05) is 7.11 Å². The van der Waals surface area contributed by atoms with E-state index in [0.717, 1.165) is 31.4 Å². The van der Waals surface area contributed by atoms with Gasteiger partial charge in [0.2, 0.25) is 0 Å². The van der Waals surface area contributed by atoms with Crippen molar-refractivity contribution < 1.29 is 27.2 Å². The highest BCUT2D eigenvalue weighted by Gasteiger charge is 2.18. The molecule has 0 fully saturated rings. The number of nitro groups is 1. The summed E-state index contributed by atoms with van der Waals surface area (Å²) >= 11 is 0. The number of benzene rings is 1. The number of ether oxygens (including phenoxy) is 1. The average molecular weight is 276 g/mol. The molecule has 0 aliphatic rings. The van der Waals surface area contributed by atoms with Crippen LogP contribution in [0.3, 0.4) is 0 Å². The van der Waals surface area contributed by atoms with Gasteiger partial charge in [0.05, 0.1) is 16.9 Å². The van der Waals surface area contributed by atoms with E-state index in [4.69, 9.17) is 0 Å². The Bertz CT molecular complexity index is 551. The molecule has 0 aromatic heterocycles. The van der Waals surface area contributed by atoms with Crippen LogP contribution >= 0.6 is 0 Å². The Morgan fingerprint density at radius 1 is 1.33 bits per heavy atom. The summed E-state index contributed by atoms with van der Waals surface area (Å²) in [7, 11) is -3.22. The summed E-state index contributed by atoms with van der Waals surface area (Å²) in [5.41, 5.74) is 1.26. The second-order valence-electron chi connectivity index (χ2n) is 2.88. The molecule has 1 amide bonds. The SMILES string of the molecule is COC(=O)NOS(=O)(=O)c1ccc([N+](=O)[O-])cc1. The average Bonchev–Trinajstić information content (AvgIpc) is 2.36. The van der Waals surface area contributed by atoms with Gasteiger partial charge in [0, 0.05) is 12.1 Å². The molecule has 0 aliphatic carbocycles. The fraction of sp³-hybridized carbons (Fsp3) is 0.125. The zero-order chi connectivity index (χ0) is 13.8. The highest BCUT2D eigenvalue weighted by Crippen LogP contribution is 2.16. The number of amides is 1. The van der Waals surface area contributed by atoms with Crippen molar-refractivity contribution in [3.8, 4) is 0 Å². The van der Waals surface area contributed by atoms with Gasteiger partial charge in [-0.05, 0) is 12.1 Å². The number of hydroxylamine groups is 1. The molecule has 0 radical (unpaired) electrons. The van der Waals surface area contributed by atoms with Crippen molar-refractivity contribution in [3.05, 3.63) is 34.4 Å². The van der Waals surface area contributed by atoms with E-state index >= 15 is 0 Å². The van der Waals surface area contributed by atoms with Crippen molar-refractivity contribution in [2.45, 2.75) is 4.90 Å². The number of hydrogen-bond donors (Lipinski definition) is 1. The highest BCUT2D eigenvalue weighted by atomic mass is 32.2. The number of non-ortho nitro benzene ring substituents is 1.